The average molecular weight is 1120 g/mol. The Morgan fingerprint density at radius 2 is 0.848 bits per heavy atom. The van der Waals surface area contributed by atoms with Crippen LogP contribution in [0.4, 0.5) is 0 Å². The summed E-state index contributed by atoms with van der Waals surface area (Å²) in [6, 6.07) is -0.937. The fraction of sp³-hybridized carbons (Fsp3) is 0.831. The van der Waals surface area contributed by atoms with Gasteiger partial charge in [-0.1, -0.05) is 235 Å². The molecule has 0 aliphatic carbocycles. The number of carbonyl (C=O) groups is 1. The Balaban J connectivity index is 1.75. The highest BCUT2D eigenvalue weighted by molar-refractivity contribution is 5.76. The van der Waals surface area contributed by atoms with E-state index in [2.05, 4.69) is 67.8 Å². The third kappa shape index (κ3) is 35.4. The van der Waals surface area contributed by atoms with Gasteiger partial charge in [0.25, 0.3) is 0 Å². The molecule has 12 atom stereocenters. The van der Waals surface area contributed by atoms with Crippen molar-refractivity contribution in [3.05, 3.63) is 60.8 Å². The monoisotopic (exact) mass is 1120 g/mol. The Bertz CT molecular complexity index is 1560. The molecule has 9 N–H and O–H groups in total. The molecule has 2 fully saturated rings. The number of rotatable bonds is 51. The number of hydrogen-bond acceptors (Lipinski definition) is 13. The Kier molecular flexibility index (Phi) is 46.3. The van der Waals surface area contributed by atoms with Crippen molar-refractivity contribution in [2.24, 2.45) is 0 Å². The molecule has 2 aliphatic rings. The van der Waals surface area contributed by atoms with E-state index in [1.165, 1.54) is 167 Å². The van der Waals surface area contributed by atoms with Gasteiger partial charge in [-0.05, 0) is 70.6 Å². The van der Waals surface area contributed by atoms with Crippen molar-refractivity contribution in [1.82, 2.24) is 5.32 Å². The minimum atomic E-state index is -1.79. The lowest BCUT2D eigenvalue weighted by Crippen LogP contribution is -2.65. The number of aliphatic hydroxyl groups excluding tert-OH is 8. The summed E-state index contributed by atoms with van der Waals surface area (Å²) < 4.78 is 22.8. The van der Waals surface area contributed by atoms with Crippen molar-refractivity contribution in [3.63, 3.8) is 0 Å². The van der Waals surface area contributed by atoms with Crippen LogP contribution in [0.5, 0.6) is 0 Å². The van der Waals surface area contributed by atoms with Crippen LogP contribution in [-0.4, -0.2) is 140 Å². The van der Waals surface area contributed by atoms with Gasteiger partial charge in [0.1, 0.15) is 48.8 Å². The van der Waals surface area contributed by atoms with Gasteiger partial charge in [0.05, 0.1) is 32.0 Å². The molecule has 2 heterocycles. The van der Waals surface area contributed by atoms with Gasteiger partial charge in [-0.2, -0.15) is 0 Å². The first-order valence-electron chi connectivity index (χ1n) is 32.0. The third-order valence-electron chi connectivity index (χ3n) is 15.4. The van der Waals surface area contributed by atoms with E-state index in [1.807, 2.05) is 6.08 Å². The number of ether oxygens (including phenoxy) is 4. The predicted molar refractivity (Wildman–Crippen MR) is 318 cm³/mol. The molecule has 1 amide bonds. The molecule has 2 aliphatic heterocycles. The largest absolute Gasteiger partial charge is 0.394 e. The number of allylic oxidation sites excluding steroid dienone is 9. The minimum absolute atomic E-state index is 0.253. The van der Waals surface area contributed by atoms with Crippen molar-refractivity contribution < 1.29 is 64.6 Å². The summed E-state index contributed by atoms with van der Waals surface area (Å²) in [5, 5.41) is 87.2. The number of unbranched alkanes of at least 4 members (excludes halogenated alkanes) is 30. The molecule has 0 aromatic heterocycles. The van der Waals surface area contributed by atoms with Crippen molar-refractivity contribution in [2.45, 2.75) is 325 Å². The maximum atomic E-state index is 13.3. The van der Waals surface area contributed by atoms with Crippen molar-refractivity contribution in [1.29, 1.82) is 0 Å². The zero-order valence-corrected chi connectivity index (χ0v) is 49.6. The second-order valence-electron chi connectivity index (χ2n) is 22.5. The van der Waals surface area contributed by atoms with Crippen molar-refractivity contribution >= 4 is 5.91 Å². The molecule has 14 nitrogen and oxygen atoms in total. The molecule has 79 heavy (non-hydrogen) atoms. The third-order valence-corrected chi connectivity index (χ3v) is 15.4. The van der Waals surface area contributed by atoms with E-state index in [-0.39, 0.29) is 18.9 Å². The number of aliphatic hydroxyl groups is 8. The predicted octanol–water partition coefficient (Wildman–Crippen LogP) is 11.7. The SMILES string of the molecule is CCCCCCC/C=C\C/C=C\C/C=C\CCCCCCCCCCCCC(=O)NC(COC1OC(CO)C(OC2OC(CO)C(O)C(O)C2O)C(O)C1O)C(O)/C=C/CC/C=C/CCCCCCCCCCCCCCCC. The Labute approximate surface area is 479 Å². The molecule has 0 bridgehead atoms. The average Bonchev–Trinajstić information content (AvgIpc) is 3.47. The molecule has 14 heteroatoms. The van der Waals surface area contributed by atoms with Crippen LogP contribution in [-0.2, 0) is 23.7 Å². The standard InChI is InChI=1S/C65H117NO13/c1-3-5-7-9-11-13-15-17-19-21-23-25-26-27-28-29-31-33-35-37-39-41-43-45-47-49-57(70)66-53(54(69)48-46-44-42-40-38-36-34-32-30-24-22-20-18-16-14-12-10-8-6-4-2)52-76-64-62(75)60(73)63(56(51-68)78-64)79-65-61(74)59(72)58(71)55(50-67)77-65/h15,17,21,23,26-27,38,40,46,48,53-56,58-65,67-69,71-75H,3-14,16,18-20,22,24-25,28-37,39,41-45,47,49-52H2,1-2H3,(H,66,70)/b17-15-,23-21-,27-26-,40-38+,48-46+. The molecule has 0 saturated carbocycles. The molecule has 2 saturated heterocycles. The second-order valence-corrected chi connectivity index (χ2v) is 22.5. The summed E-state index contributed by atoms with van der Waals surface area (Å²) in [5.74, 6) is -0.253. The van der Waals surface area contributed by atoms with Crippen LogP contribution in [0, 0.1) is 0 Å². The summed E-state index contributed by atoms with van der Waals surface area (Å²) in [5.41, 5.74) is 0. The van der Waals surface area contributed by atoms with E-state index in [0.717, 1.165) is 51.4 Å². The van der Waals surface area contributed by atoms with E-state index in [9.17, 15) is 45.6 Å². The summed E-state index contributed by atoms with van der Waals surface area (Å²) >= 11 is 0. The van der Waals surface area contributed by atoms with Crippen LogP contribution in [0.25, 0.3) is 0 Å². The summed E-state index contributed by atoms with van der Waals surface area (Å²) in [6.07, 6.45) is 48.3. The lowest BCUT2D eigenvalue weighted by molar-refractivity contribution is -0.359. The van der Waals surface area contributed by atoms with Crippen molar-refractivity contribution in [3.8, 4) is 0 Å². The first-order chi connectivity index (χ1) is 38.6. The fourth-order valence-corrected chi connectivity index (χ4v) is 10.3. The number of amides is 1. The van der Waals surface area contributed by atoms with E-state index >= 15 is 0 Å². The molecule has 460 valence electrons. The second kappa shape index (κ2) is 50.2. The maximum absolute atomic E-state index is 13.3. The first kappa shape index (κ1) is 72.8. The highest BCUT2D eigenvalue weighted by Gasteiger charge is 2.51. The normalized spacial score (nSPS) is 24.8. The van der Waals surface area contributed by atoms with Crippen LogP contribution >= 0.6 is 0 Å². The van der Waals surface area contributed by atoms with E-state index in [0.29, 0.717) is 12.8 Å². The molecule has 0 aromatic rings. The topological polar surface area (TPSA) is 228 Å². The molecule has 0 radical (unpaired) electrons. The Hall–Kier alpha value is -2.31. The van der Waals surface area contributed by atoms with Gasteiger partial charge in [-0.25, -0.2) is 0 Å². The van der Waals surface area contributed by atoms with E-state index in [4.69, 9.17) is 18.9 Å². The van der Waals surface area contributed by atoms with Gasteiger partial charge in [0.15, 0.2) is 12.6 Å². The Morgan fingerprint density at radius 3 is 1.33 bits per heavy atom. The van der Waals surface area contributed by atoms with Crippen LogP contribution in [0.15, 0.2) is 60.8 Å². The smallest absolute Gasteiger partial charge is 0.220 e. The lowest BCUT2D eigenvalue weighted by atomic mass is 9.97. The molecular weight excluding hydrogens is 1000 g/mol. The molecule has 0 spiro atoms. The molecular formula is C65H117NO13. The number of nitrogens with one attached hydrogen (secondary N) is 1. The van der Waals surface area contributed by atoms with Crippen molar-refractivity contribution in [2.75, 3.05) is 19.8 Å². The van der Waals surface area contributed by atoms with Gasteiger partial charge in [-0.15, -0.1) is 0 Å². The van der Waals surface area contributed by atoms with Crippen LogP contribution in [0.3, 0.4) is 0 Å². The first-order valence-corrected chi connectivity index (χ1v) is 32.0. The highest BCUT2D eigenvalue weighted by Crippen LogP contribution is 2.30. The highest BCUT2D eigenvalue weighted by atomic mass is 16.7. The van der Waals surface area contributed by atoms with E-state index in [1.54, 1.807) is 6.08 Å². The quantitative estimate of drug-likeness (QED) is 0.0204. The zero-order valence-electron chi connectivity index (χ0n) is 49.6. The van der Waals surface area contributed by atoms with Crippen LogP contribution in [0.2, 0.25) is 0 Å². The number of carbonyl (C=O) groups excluding carboxylic acids is 1. The zero-order chi connectivity index (χ0) is 57.4. The van der Waals surface area contributed by atoms with Crippen LogP contribution < -0.4 is 5.32 Å². The summed E-state index contributed by atoms with van der Waals surface area (Å²) in [7, 11) is 0. The molecule has 2 rings (SSSR count). The van der Waals surface area contributed by atoms with E-state index < -0.39 is 86.8 Å². The maximum Gasteiger partial charge on any atom is 0.220 e. The minimum Gasteiger partial charge on any atom is -0.394 e. The Morgan fingerprint density at radius 1 is 0.456 bits per heavy atom. The fourth-order valence-electron chi connectivity index (χ4n) is 10.3. The van der Waals surface area contributed by atoms with Gasteiger partial charge in [0.2, 0.25) is 5.91 Å². The summed E-state index contributed by atoms with van der Waals surface area (Å²) in [4.78, 5) is 13.3. The number of hydrogen-bond donors (Lipinski definition) is 9. The van der Waals surface area contributed by atoms with Gasteiger partial charge < -0.3 is 65.1 Å². The lowest BCUT2D eigenvalue weighted by Gasteiger charge is -2.46. The molecule has 12 unspecified atom stereocenters. The van der Waals surface area contributed by atoms with Gasteiger partial charge in [-0.3, -0.25) is 4.79 Å². The van der Waals surface area contributed by atoms with Crippen LogP contribution in [0.1, 0.15) is 251 Å². The molecule has 0 aromatic carbocycles. The summed E-state index contributed by atoms with van der Waals surface area (Å²) in [6.45, 7) is 2.78. The van der Waals surface area contributed by atoms with Gasteiger partial charge >= 0.3 is 0 Å². The van der Waals surface area contributed by atoms with Gasteiger partial charge in [0, 0.05) is 6.42 Å².